The highest BCUT2D eigenvalue weighted by Gasteiger charge is 2.20. The summed E-state index contributed by atoms with van der Waals surface area (Å²) >= 11 is 0. The van der Waals surface area contributed by atoms with Crippen molar-refractivity contribution in [3.63, 3.8) is 0 Å². The van der Waals surface area contributed by atoms with Gasteiger partial charge in [0.2, 0.25) is 0 Å². The number of hydrogen-bond acceptors (Lipinski definition) is 3. The Hall–Kier alpha value is -0.610. The van der Waals surface area contributed by atoms with Gasteiger partial charge in [0.15, 0.2) is 0 Å². The van der Waals surface area contributed by atoms with Crippen LogP contribution in [0.15, 0.2) is 0 Å². The average Bonchev–Trinajstić information content (AvgIpc) is 2.36. The molecule has 2 N–H and O–H groups in total. The molecule has 1 saturated heterocycles. The number of carbonyl (C=O) groups is 1. The quantitative estimate of drug-likeness (QED) is 0.501. The molecule has 0 aliphatic carbocycles. The van der Waals surface area contributed by atoms with Gasteiger partial charge >= 0.3 is 0 Å². The molecule has 0 bridgehead atoms. The lowest BCUT2D eigenvalue weighted by Gasteiger charge is -2.16. The van der Waals surface area contributed by atoms with Crippen molar-refractivity contribution in [3.05, 3.63) is 0 Å². The standard InChI is InChI=1S/C6H12N2O2/c1-5(9)6(10)8-4-2-3-7-8/h5,7,9H,2-4H2,1H3. The molecule has 58 valence electrons. The number of hydrogen-bond donors (Lipinski definition) is 2. The summed E-state index contributed by atoms with van der Waals surface area (Å²) in [5.41, 5.74) is 2.86. The van der Waals surface area contributed by atoms with Crippen LogP contribution in [-0.4, -0.2) is 35.2 Å². The fourth-order valence-corrected chi connectivity index (χ4v) is 0.944. The number of aliphatic hydroxyl groups is 1. The van der Waals surface area contributed by atoms with Crippen LogP contribution in [0.1, 0.15) is 13.3 Å². The van der Waals surface area contributed by atoms with Gasteiger partial charge in [-0.1, -0.05) is 0 Å². The lowest BCUT2D eigenvalue weighted by Crippen LogP contribution is -2.42. The Bertz CT molecular complexity index is 130. The zero-order valence-electron chi connectivity index (χ0n) is 6.00. The molecular weight excluding hydrogens is 132 g/mol. The van der Waals surface area contributed by atoms with Crippen LogP contribution in [0.25, 0.3) is 0 Å². The molecule has 0 aromatic heterocycles. The monoisotopic (exact) mass is 144 g/mol. The van der Waals surface area contributed by atoms with Gasteiger partial charge in [0, 0.05) is 13.1 Å². The Kier molecular flexibility index (Phi) is 2.24. The summed E-state index contributed by atoms with van der Waals surface area (Å²) in [5.74, 6) is -0.238. The van der Waals surface area contributed by atoms with Gasteiger partial charge in [-0.2, -0.15) is 0 Å². The van der Waals surface area contributed by atoms with E-state index in [2.05, 4.69) is 5.43 Å². The minimum absolute atomic E-state index is 0.238. The molecule has 1 aliphatic rings. The van der Waals surface area contributed by atoms with E-state index in [1.165, 1.54) is 11.9 Å². The molecule has 4 heteroatoms. The van der Waals surface area contributed by atoms with Gasteiger partial charge in [0.05, 0.1) is 0 Å². The highest BCUT2D eigenvalue weighted by atomic mass is 16.3. The van der Waals surface area contributed by atoms with Crippen molar-refractivity contribution in [2.24, 2.45) is 0 Å². The van der Waals surface area contributed by atoms with Crippen LogP contribution in [0.2, 0.25) is 0 Å². The predicted molar refractivity (Wildman–Crippen MR) is 36.0 cm³/mol. The van der Waals surface area contributed by atoms with Crippen LogP contribution in [0.4, 0.5) is 0 Å². The second-order valence-corrected chi connectivity index (χ2v) is 2.43. The second kappa shape index (κ2) is 2.98. The number of carbonyl (C=O) groups excluding carboxylic acids is 1. The van der Waals surface area contributed by atoms with E-state index in [1.54, 1.807) is 0 Å². The van der Waals surface area contributed by atoms with E-state index in [4.69, 9.17) is 5.11 Å². The fourth-order valence-electron chi connectivity index (χ4n) is 0.944. The first-order chi connectivity index (χ1) is 4.72. The molecule has 0 spiro atoms. The van der Waals surface area contributed by atoms with Gasteiger partial charge in [-0.3, -0.25) is 9.80 Å². The third-order valence-electron chi connectivity index (χ3n) is 1.48. The van der Waals surface area contributed by atoms with Crippen molar-refractivity contribution in [3.8, 4) is 0 Å². The second-order valence-electron chi connectivity index (χ2n) is 2.43. The van der Waals surface area contributed by atoms with Crippen LogP contribution in [0.5, 0.6) is 0 Å². The van der Waals surface area contributed by atoms with Crippen molar-refractivity contribution >= 4 is 5.91 Å². The molecule has 1 atom stereocenters. The van der Waals surface area contributed by atoms with Crippen LogP contribution in [0.3, 0.4) is 0 Å². The van der Waals surface area contributed by atoms with Crippen molar-refractivity contribution in [1.29, 1.82) is 0 Å². The summed E-state index contributed by atoms with van der Waals surface area (Å²) in [5, 5.41) is 10.3. The zero-order valence-corrected chi connectivity index (χ0v) is 6.00. The molecule has 4 nitrogen and oxygen atoms in total. The minimum Gasteiger partial charge on any atom is -0.384 e. The van der Waals surface area contributed by atoms with E-state index in [1.807, 2.05) is 0 Å². The van der Waals surface area contributed by atoms with E-state index in [-0.39, 0.29) is 5.91 Å². The Morgan fingerprint density at radius 3 is 2.90 bits per heavy atom. The molecule has 1 heterocycles. The van der Waals surface area contributed by atoms with Crippen molar-refractivity contribution in [1.82, 2.24) is 10.4 Å². The third-order valence-corrected chi connectivity index (χ3v) is 1.48. The van der Waals surface area contributed by atoms with Crippen LogP contribution in [0, 0.1) is 0 Å². The van der Waals surface area contributed by atoms with Crippen molar-refractivity contribution in [2.45, 2.75) is 19.4 Å². The Morgan fingerprint density at radius 1 is 1.80 bits per heavy atom. The molecule has 10 heavy (non-hydrogen) atoms. The molecule has 1 aliphatic heterocycles. The largest absolute Gasteiger partial charge is 0.384 e. The SMILES string of the molecule is CC(O)C(=O)N1CCCN1. The molecule has 1 rings (SSSR count). The summed E-state index contributed by atoms with van der Waals surface area (Å²) < 4.78 is 0. The van der Waals surface area contributed by atoms with E-state index >= 15 is 0 Å². The summed E-state index contributed by atoms with van der Waals surface area (Å²) in [6.45, 7) is 3.02. The maximum Gasteiger partial charge on any atom is 0.265 e. The van der Waals surface area contributed by atoms with E-state index in [9.17, 15) is 4.79 Å². The highest BCUT2D eigenvalue weighted by Crippen LogP contribution is 1.98. The first-order valence-electron chi connectivity index (χ1n) is 3.45. The summed E-state index contributed by atoms with van der Waals surface area (Å²) in [7, 11) is 0. The maximum absolute atomic E-state index is 11.0. The number of hydrazine groups is 1. The number of nitrogens with zero attached hydrogens (tertiary/aromatic N) is 1. The first kappa shape index (κ1) is 7.50. The van der Waals surface area contributed by atoms with E-state index < -0.39 is 6.10 Å². The topological polar surface area (TPSA) is 52.6 Å². The summed E-state index contributed by atoms with van der Waals surface area (Å²) in [4.78, 5) is 11.0. The number of amides is 1. The summed E-state index contributed by atoms with van der Waals surface area (Å²) in [6, 6.07) is 0. The fraction of sp³-hybridized carbons (Fsp3) is 0.833. The van der Waals surface area contributed by atoms with Crippen molar-refractivity contribution in [2.75, 3.05) is 13.1 Å². The van der Waals surface area contributed by atoms with E-state index in [0.717, 1.165) is 13.0 Å². The van der Waals surface area contributed by atoms with E-state index in [0.29, 0.717) is 6.54 Å². The molecule has 1 amide bonds. The summed E-state index contributed by atoms with van der Waals surface area (Å²) in [6.07, 6.45) is 0.0870. The smallest absolute Gasteiger partial charge is 0.265 e. The van der Waals surface area contributed by atoms with Gasteiger partial charge in [-0.05, 0) is 13.3 Å². The van der Waals surface area contributed by atoms with Crippen molar-refractivity contribution < 1.29 is 9.90 Å². The minimum atomic E-state index is -0.884. The van der Waals surface area contributed by atoms with Gasteiger partial charge < -0.3 is 5.11 Å². The number of aliphatic hydroxyl groups excluding tert-OH is 1. The molecule has 1 fully saturated rings. The maximum atomic E-state index is 11.0. The Balaban J connectivity index is 2.40. The predicted octanol–water partition coefficient (Wildman–Crippen LogP) is -0.896. The lowest BCUT2D eigenvalue weighted by atomic mass is 10.3. The molecule has 0 aromatic rings. The average molecular weight is 144 g/mol. The number of nitrogens with one attached hydrogen (secondary N) is 1. The third kappa shape index (κ3) is 1.46. The normalized spacial score (nSPS) is 21.2. The highest BCUT2D eigenvalue weighted by molar-refractivity contribution is 5.79. The Morgan fingerprint density at radius 2 is 2.50 bits per heavy atom. The molecule has 0 radical (unpaired) electrons. The van der Waals surface area contributed by atoms with Gasteiger partial charge in [0.25, 0.3) is 5.91 Å². The van der Waals surface area contributed by atoms with Crippen LogP contribution in [-0.2, 0) is 4.79 Å². The zero-order chi connectivity index (χ0) is 7.56. The lowest BCUT2D eigenvalue weighted by molar-refractivity contribution is -0.140. The first-order valence-corrected chi connectivity index (χ1v) is 3.45. The van der Waals surface area contributed by atoms with Crippen LogP contribution < -0.4 is 5.43 Å². The molecule has 0 saturated carbocycles. The van der Waals surface area contributed by atoms with Gasteiger partial charge in [-0.25, -0.2) is 5.43 Å². The number of rotatable bonds is 1. The molecular formula is C6H12N2O2. The van der Waals surface area contributed by atoms with Crippen LogP contribution >= 0.6 is 0 Å². The van der Waals surface area contributed by atoms with Gasteiger partial charge in [-0.15, -0.1) is 0 Å². The van der Waals surface area contributed by atoms with Gasteiger partial charge in [0.1, 0.15) is 6.10 Å². The Labute approximate surface area is 59.8 Å². The molecule has 0 aromatic carbocycles. The molecule has 1 unspecified atom stereocenters.